The average Bonchev–Trinajstić information content (AvgIpc) is 2.61. The highest BCUT2D eigenvalue weighted by Gasteiger charge is 2.15. The standard InChI is InChI=1S/C18H18ClNO5/c1-24-18(23)14-4-2-5-15(17(14)22)20-16(21)6-3-11-25-13-9-7-12(19)8-10-13/h2,4-5,7-10,22H,3,6,11H2,1H3,(H,20,21). The number of hydrogen-bond acceptors (Lipinski definition) is 5. The van der Waals surface area contributed by atoms with Gasteiger partial charge in [0.05, 0.1) is 19.4 Å². The lowest BCUT2D eigenvalue weighted by Crippen LogP contribution is -2.13. The zero-order valence-electron chi connectivity index (χ0n) is 13.6. The van der Waals surface area contributed by atoms with Crippen LogP contribution in [-0.4, -0.2) is 30.7 Å². The molecule has 0 radical (unpaired) electrons. The number of phenolic OH excluding ortho intramolecular Hbond substituents is 1. The molecule has 0 spiro atoms. The first-order valence-corrected chi connectivity index (χ1v) is 7.97. The number of benzene rings is 2. The van der Waals surface area contributed by atoms with Crippen molar-refractivity contribution in [2.24, 2.45) is 0 Å². The Morgan fingerprint density at radius 3 is 2.56 bits per heavy atom. The summed E-state index contributed by atoms with van der Waals surface area (Å²) < 4.78 is 10.1. The van der Waals surface area contributed by atoms with Gasteiger partial charge in [0.25, 0.3) is 0 Å². The highest BCUT2D eigenvalue weighted by atomic mass is 35.5. The van der Waals surface area contributed by atoms with Crippen molar-refractivity contribution in [3.05, 3.63) is 53.1 Å². The van der Waals surface area contributed by atoms with Crippen LogP contribution in [0.5, 0.6) is 11.5 Å². The molecule has 0 aliphatic heterocycles. The Labute approximate surface area is 150 Å². The van der Waals surface area contributed by atoms with E-state index in [1.165, 1.54) is 19.2 Å². The minimum absolute atomic E-state index is 0.00799. The van der Waals surface area contributed by atoms with Crippen LogP contribution in [0, 0.1) is 0 Å². The van der Waals surface area contributed by atoms with Crippen molar-refractivity contribution in [2.45, 2.75) is 12.8 Å². The number of esters is 1. The first kappa shape index (κ1) is 18.6. The molecule has 0 fully saturated rings. The van der Waals surface area contributed by atoms with E-state index in [1.807, 2.05) is 0 Å². The summed E-state index contributed by atoms with van der Waals surface area (Å²) in [6.45, 7) is 0.364. The Hall–Kier alpha value is -2.73. The minimum Gasteiger partial charge on any atom is -0.505 e. The van der Waals surface area contributed by atoms with Crippen LogP contribution >= 0.6 is 11.6 Å². The van der Waals surface area contributed by atoms with Gasteiger partial charge in [0.15, 0.2) is 5.75 Å². The van der Waals surface area contributed by atoms with Crippen LogP contribution < -0.4 is 10.1 Å². The number of hydrogen-bond donors (Lipinski definition) is 2. The molecule has 0 heterocycles. The Morgan fingerprint density at radius 2 is 1.88 bits per heavy atom. The maximum Gasteiger partial charge on any atom is 0.341 e. The summed E-state index contributed by atoms with van der Waals surface area (Å²) in [5, 5.41) is 13.2. The van der Waals surface area contributed by atoms with Crippen molar-refractivity contribution in [2.75, 3.05) is 19.0 Å². The molecule has 0 atom stereocenters. The van der Waals surface area contributed by atoms with Crippen LogP contribution in [0.15, 0.2) is 42.5 Å². The molecule has 1 amide bonds. The SMILES string of the molecule is COC(=O)c1cccc(NC(=O)CCCOc2ccc(Cl)cc2)c1O. The van der Waals surface area contributed by atoms with Gasteiger partial charge in [0, 0.05) is 11.4 Å². The molecule has 0 aliphatic rings. The number of methoxy groups -OCH3 is 1. The number of nitrogens with one attached hydrogen (secondary N) is 1. The zero-order chi connectivity index (χ0) is 18.2. The Bertz CT molecular complexity index is 746. The number of phenols is 1. The van der Waals surface area contributed by atoms with Crippen molar-refractivity contribution in [1.82, 2.24) is 0 Å². The smallest absolute Gasteiger partial charge is 0.341 e. The first-order chi connectivity index (χ1) is 12.0. The van der Waals surface area contributed by atoms with Gasteiger partial charge in [-0.15, -0.1) is 0 Å². The van der Waals surface area contributed by atoms with Crippen LogP contribution in [0.2, 0.25) is 5.02 Å². The van der Waals surface area contributed by atoms with Crippen LogP contribution in [0.4, 0.5) is 5.69 Å². The zero-order valence-corrected chi connectivity index (χ0v) is 14.4. The minimum atomic E-state index is -0.676. The molecule has 0 aliphatic carbocycles. The number of carbonyl (C=O) groups excluding carboxylic acids is 2. The van der Waals surface area contributed by atoms with Crippen molar-refractivity contribution in [3.8, 4) is 11.5 Å². The van der Waals surface area contributed by atoms with Gasteiger partial charge in [-0.3, -0.25) is 4.79 Å². The molecule has 2 N–H and O–H groups in total. The van der Waals surface area contributed by atoms with Gasteiger partial charge in [0.1, 0.15) is 11.3 Å². The molecule has 25 heavy (non-hydrogen) atoms. The number of ether oxygens (including phenoxy) is 2. The predicted octanol–water partition coefficient (Wildman–Crippen LogP) is 3.63. The largest absolute Gasteiger partial charge is 0.505 e. The summed E-state index contributed by atoms with van der Waals surface area (Å²) in [6, 6.07) is 11.4. The molecule has 2 aromatic rings. The highest BCUT2D eigenvalue weighted by molar-refractivity contribution is 6.30. The molecule has 0 aromatic heterocycles. The first-order valence-electron chi connectivity index (χ1n) is 7.59. The number of halogens is 1. The summed E-state index contributed by atoms with van der Waals surface area (Å²) in [5.74, 6) is -0.615. The number of anilines is 1. The molecule has 6 nitrogen and oxygen atoms in total. The van der Waals surface area contributed by atoms with E-state index in [2.05, 4.69) is 10.1 Å². The third-order valence-electron chi connectivity index (χ3n) is 3.35. The van der Waals surface area contributed by atoms with E-state index in [0.717, 1.165) is 0 Å². The van der Waals surface area contributed by atoms with Gasteiger partial charge in [-0.05, 0) is 42.8 Å². The molecule has 7 heteroatoms. The van der Waals surface area contributed by atoms with Gasteiger partial charge in [-0.1, -0.05) is 17.7 Å². The fraction of sp³-hybridized carbons (Fsp3) is 0.222. The molecule has 0 bridgehead atoms. The number of carbonyl (C=O) groups is 2. The summed E-state index contributed by atoms with van der Waals surface area (Å²) in [7, 11) is 1.22. The fourth-order valence-electron chi connectivity index (χ4n) is 2.09. The molecular weight excluding hydrogens is 346 g/mol. The maximum absolute atomic E-state index is 12.0. The third kappa shape index (κ3) is 5.39. The van der Waals surface area contributed by atoms with E-state index >= 15 is 0 Å². The Morgan fingerprint density at radius 1 is 1.16 bits per heavy atom. The van der Waals surface area contributed by atoms with Gasteiger partial charge in [-0.25, -0.2) is 4.79 Å². The van der Waals surface area contributed by atoms with E-state index in [1.54, 1.807) is 30.3 Å². The molecule has 2 rings (SSSR count). The lowest BCUT2D eigenvalue weighted by atomic mass is 10.1. The van der Waals surface area contributed by atoms with Gasteiger partial charge in [0.2, 0.25) is 5.91 Å². The van der Waals surface area contributed by atoms with E-state index in [4.69, 9.17) is 16.3 Å². The monoisotopic (exact) mass is 363 g/mol. The lowest BCUT2D eigenvalue weighted by molar-refractivity contribution is -0.116. The number of aromatic hydroxyl groups is 1. The molecule has 0 unspecified atom stereocenters. The summed E-state index contributed by atoms with van der Waals surface area (Å²) in [6.07, 6.45) is 0.696. The molecular formula is C18H18ClNO5. The predicted molar refractivity (Wildman–Crippen MR) is 94.3 cm³/mol. The fourth-order valence-corrected chi connectivity index (χ4v) is 2.21. The number of para-hydroxylation sites is 1. The van der Waals surface area contributed by atoms with Gasteiger partial charge >= 0.3 is 5.97 Å². The second-order valence-corrected chi connectivity index (χ2v) is 5.58. The average molecular weight is 364 g/mol. The quantitative estimate of drug-likeness (QED) is 0.446. The van der Waals surface area contributed by atoms with E-state index in [-0.39, 0.29) is 29.3 Å². The van der Waals surface area contributed by atoms with Crippen molar-refractivity contribution < 1.29 is 24.2 Å². The number of amides is 1. The Kier molecular flexibility index (Phi) is 6.65. The van der Waals surface area contributed by atoms with Gasteiger partial charge in [-0.2, -0.15) is 0 Å². The maximum atomic E-state index is 12.0. The van der Waals surface area contributed by atoms with Crippen LogP contribution in [0.25, 0.3) is 0 Å². The second-order valence-electron chi connectivity index (χ2n) is 5.15. The molecule has 0 saturated heterocycles. The summed E-state index contributed by atoms with van der Waals surface area (Å²) >= 11 is 5.79. The highest BCUT2D eigenvalue weighted by Crippen LogP contribution is 2.28. The normalized spacial score (nSPS) is 10.2. The van der Waals surface area contributed by atoms with Gasteiger partial charge < -0.3 is 19.9 Å². The van der Waals surface area contributed by atoms with E-state index in [9.17, 15) is 14.7 Å². The summed E-state index contributed by atoms with van der Waals surface area (Å²) in [4.78, 5) is 23.5. The van der Waals surface area contributed by atoms with Crippen LogP contribution in [0.1, 0.15) is 23.2 Å². The third-order valence-corrected chi connectivity index (χ3v) is 3.60. The van der Waals surface area contributed by atoms with Crippen LogP contribution in [-0.2, 0) is 9.53 Å². The van der Waals surface area contributed by atoms with E-state index in [0.29, 0.717) is 23.8 Å². The van der Waals surface area contributed by atoms with Crippen LogP contribution in [0.3, 0.4) is 0 Å². The van der Waals surface area contributed by atoms with Crippen molar-refractivity contribution in [1.29, 1.82) is 0 Å². The number of rotatable bonds is 7. The summed E-state index contributed by atoms with van der Waals surface area (Å²) in [5.41, 5.74) is 0.151. The topological polar surface area (TPSA) is 84.9 Å². The lowest BCUT2D eigenvalue weighted by Gasteiger charge is -2.10. The molecule has 0 saturated carbocycles. The van der Waals surface area contributed by atoms with E-state index < -0.39 is 5.97 Å². The second kappa shape index (κ2) is 8.94. The Balaban J connectivity index is 1.82. The van der Waals surface area contributed by atoms with Crippen molar-refractivity contribution >= 4 is 29.2 Å². The van der Waals surface area contributed by atoms with Crippen molar-refractivity contribution in [3.63, 3.8) is 0 Å². The molecule has 132 valence electrons. The molecule has 2 aromatic carbocycles.